The molecule has 1 aromatic carbocycles. The van der Waals surface area contributed by atoms with Gasteiger partial charge in [-0.25, -0.2) is 0 Å². The van der Waals surface area contributed by atoms with Crippen molar-refractivity contribution in [3.63, 3.8) is 0 Å². The first-order chi connectivity index (χ1) is 8.50. The van der Waals surface area contributed by atoms with Gasteiger partial charge in [-0.1, -0.05) is 24.3 Å². The third kappa shape index (κ3) is 3.88. The lowest BCUT2D eigenvalue weighted by atomic mass is 9.96. The Balaban J connectivity index is 2.94. The quantitative estimate of drug-likeness (QED) is 0.591. The highest BCUT2D eigenvalue weighted by molar-refractivity contribution is 5.32. The lowest BCUT2D eigenvalue weighted by molar-refractivity contribution is -0.138. The second-order valence-electron chi connectivity index (χ2n) is 4.15. The number of hydrogen-bond acceptors (Lipinski definition) is 1. The van der Waals surface area contributed by atoms with Crippen molar-refractivity contribution in [3.8, 4) is 0 Å². The predicted molar refractivity (Wildman–Crippen MR) is 67.3 cm³/mol. The van der Waals surface area contributed by atoms with Gasteiger partial charge in [0.2, 0.25) is 0 Å². The Kier molecular flexibility index (Phi) is 5.41. The summed E-state index contributed by atoms with van der Waals surface area (Å²) in [4.78, 5) is 0. The molecule has 100 valence electrons. The van der Waals surface area contributed by atoms with Crippen LogP contribution in [-0.2, 0) is 6.18 Å². The highest BCUT2D eigenvalue weighted by atomic mass is 19.4. The fourth-order valence-corrected chi connectivity index (χ4v) is 1.98. The van der Waals surface area contributed by atoms with Crippen molar-refractivity contribution < 1.29 is 13.2 Å². The monoisotopic (exact) mass is 257 g/mol. The number of rotatable bonds is 6. The summed E-state index contributed by atoms with van der Waals surface area (Å²) >= 11 is 0. The average molecular weight is 257 g/mol. The number of alkyl halides is 3. The summed E-state index contributed by atoms with van der Waals surface area (Å²) in [5.74, 6) is 0. The molecule has 0 saturated carbocycles. The summed E-state index contributed by atoms with van der Waals surface area (Å²) in [6.07, 6.45) is -0.226. The second-order valence-corrected chi connectivity index (χ2v) is 4.15. The molecule has 0 spiro atoms. The first-order valence-electron chi connectivity index (χ1n) is 5.95. The number of hydrogen-bond donors (Lipinski definition) is 1. The molecule has 4 heteroatoms. The minimum Gasteiger partial charge on any atom is -0.313 e. The zero-order valence-electron chi connectivity index (χ0n) is 10.4. The first kappa shape index (κ1) is 14.8. The molecular weight excluding hydrogens is 239 g/mol. The van der Waals surface area contributed by atoms with E-state index in [1.54, 1.807) is 19.2 Å². The molecule has 0 radical (unpaired) electrons. The van der Waals surface area contributed by atoms with Crippen molar-refractivity contribution in [2.24, 2.45) is 0 Å². The maximum atomic E-state index is 12.9. The van der Waals surface area contributed by atoms with Crippen molar-refractivity contribution in [2.45, 2.75) is 31.5 Å². The van der Waals surface area contributed by atoms with Gasteiger partial charge >= 0.3 is 6.18 Å². The normalized spacial score (nSPS) is 13.3. The maximum absolute atomic E-state index is 12.9. The topological polar surface area (TPSA) is 12.0 Å². The molecule has 0 bridgehead atoms. The van der Waals surface area contributed by atoms with Crippen LogP contribution < -0.4 is 5.32 Å². The van der Waals surface area contributed by atoms with Crippen LogP contribution in [0.15, 0.2) is 36.9 Å². The Morgan fingerprint density at radius 3 is 2.56 bits per heavy atom. The Hall–Kier alpha value is -1.29. The summed E-state index contributed by atoms with van der Waals surface area (Å²) < 4.78 is 38.7. The molecule has 1 N–H and O–H groups in total. The Bertz CT molecular complexity index is 385. The SMILES string of the molecule is C=CCCCC(NC)c1ccccc1C(F)(F)F. The summed E-state index contributed by atoms with van der Waals surface area (Å²) in [6.45, 7) is 3.61. The molecule has 0 amide bonds. The molecule has 0 saturated heterocycles. The minimum atomic E-state index is -4.30. The number of allylic oxidation sites excluding steroid dienone is 1. The molecule has 0 fully saturated rings. The summed E-state index contributed by atoms with van der Waals surface area (Å²) in [5, 5.41) is 2.96. The van der Waals surface area contributed by atoms with E-state index in [0.717, 1.165) is 18.9 Å². The van der Waals surface area contributed by atoms with Crippen LogP contribution in [0.2, 0.25) is 0 Å². The Morgan fingerprint density at radius 1 is 1.33 bits per heavy atom. The van der Waals surface area contributed by atoms with Gasteiger partial charge in [0, 0.05) is 6.04 Å². The number of benzene rings is 1. The van der Waals surface area contributed by atoms with Crippen LogP contribution in [0, 0.1) is 0 Å². The van der Waals surface area contributed by atoms with Crippen molar-refractivity contribution >= 4 is 0 Å². The van der Waals surface area contributed by atoms with E-state index in [1.165, 1.54) is 12.1 Å². The van der Waals surface area contributed by atoms with Gasteiger partial charge in [0.25, 0.3) is 0 Å². The molecule has 1 nitrogen and oxygen atoms in total. The van der Waals surface area contributed by atoms with Crippen molar-refractivity contribution in [3.05, 3.63) is 48.0 Å². The van der Waals surface area contributed by atoms with E-state index in [2.05, 4.69) is 11.9 Å². The number of nitrogens with one attached hydrogen (secondary N) is 1. The van der Waals surface area contributed by atoms with E-state index < -0.39 is 11.7 Å². The van der Waals surface area contributed by atoms with Gasteiger partial charge in [0.15, 0.2) is 0 Å². The lowest BCUT2D eigenvalue weighted by Gasteiger charge is -2.21. The van der Waals surface area contributed by atoms with Gasteiger partial charge < -0.3 is 5.32 Å². The van der Waals surface area contributed by atoms with E-state index in [1.807, 2.05) is 0 Å². The molecule has 1 aromatic rings. The largest absolute Gasteiger partial charge is 0.416 e. The van der Waals surface area contributed by atoms with Gasteiger partial charge in [-0.2, -0.15) is 13.2 Å². The molecule has 1 atom stereocenters. The van der Waals surface area contributed by atoms with E-state index in [-0.39, 0.29) is 6.04 Å². The van der Waals surface area contributed by atoms with E-state index in [0.29, 0.717) is 12.0 Å². The molecule has 0 aliphatic rings. The summed E-state index contributed by atoms with van der Waals surface area (Å²) in [7, 11) is 1.69. The van der Waals surface area contributed by atoms with Gasteiger partial charge in [-0.3, -0.25) is 0 Å². The van der Waals surface area contributed by atoms with Gasteiger partial charge in [-0.15, -0.1) is 6.58 Å². The van der Waals surface area contributed by atoms with Crippen LogP contribution in [0.4, 0.5) is 13.2 Å². The molecule has 1 rings (SSSR count). The molecule has 1 unspecified atom stereocenters. The standard InChI is InChI=1S/C14H18F3N/c1-3-4-5-10-13(18-2)11-8-6-7-9-12(11)14(15,16)17/h3,6-9,13,18H,1,4-5,10H2,2H3. The molecule has 0 heterocycles. The lowest BCUT2D eigenvalue weighted by Crippen LogP contribution is -2.20. The number of halogens is 3. The van der Waals surface area contributed by atoms with Crippen LogP contribution in [0.1, 0.15) is 36.4 Å². The molecule has 0 aliphatic heterocycles. The van der Waals surface area contributed by atoms with Crippen LogP contribution in [-0.4, -0.2) is 7.05 Å². The van der Waals surface area contributed by atoms with Gasteiger partial charge in [0.1, 0.15) is 0 Å². The van der Waals surface area contributed by atoms with E-state index in [4.69, 9.17) is 0 Å². The van der Waals surface area contributed by atoms with Crippen LogP contribution >= 0.6 is 0 Å². The molecule has 0 aromatic heterocycles. The van der Waals surface area contributed by atoms with Gasteiger partial charge in [-0.05, 0) is 37.9 Å². The fraction of sp³-hybridized carbons (Fsp3) is 0.429. The van der Waals surface area contributed by atoms with Crippen molar-refractivity contribution in [1.82, 2.24) is 5.32 Å². The zero-order valence-corrected chi connectivity index (χ0v) is 10.4. The summed E-state index contributed by atoms with van der Waals surface area (Å²) in [5.41, 5.74) is -0.237. The number of unbranched alkanes of at least 4 members (excludes halogenated alkanes) is 1. The van der Waals surface area contributed by atoms with Crippen molar-refractivity contribution in [1.29, 1.82) is 0 Å². The minimum absolute atomic E-state index is 0.275. The Labute approximate surface area is 106 Å². The van der Waals surface area contributed by atoms with Crippen LogP contribution in [0.25, 0.3) is 0 Å². The Morgan fingerprint density at radius 2 is 2.00 bits per heavy atom. The second kappa shape index (κ2) is 6.59. The third-order valence-corrected chi connectivity index (χ3v) is 2.89. The summed E-state index contributed by atoms with van der Waals surface area (Å²) in [6, 6.07) is 5.46. The predicted octanol–water partition coefficient (Wildman–Crippen LogP) is 4.32. The van der Waals surface area contributed by atoms with E-state index in [9.17, 15) is 13.2 Å². The molecular formula is C14H18F3N. The fourth-order valence-electron chi connectivity index (χ4n) is 1.98. The maximum Gasteiger partial charge on any atom is 0.416 e. The van der Waals surface area contributed by atoms with Crippen molar-refractivity contribution in [2.75, 3.05) is 7.05 Å². The smallest absolute Gasteiger partial charge is 0.313 e. The highest BCUT2D eigenvalue weighted by Gasteiger charge is 2.34. The zero-order chi connectivity index (χ0) is 13.6. The van der Waals surface area contributed by atoms with Crippen LogP contribution in [0.5, 0.6) is 0 Å². The van der Waals surface area contributed by atoms with E-state index >= 15 is 0 Å². The molecule has 0 aliphatic carbocycles. The highest BCUT2D eigenvalue weighted by Crippen LogP contribution is 2.35. The van der Waals surface area contributed by atoms with Crippen LogP contribution in [0.3, 0.4) is 0 Å². The first-order valence-corrected chi connectivity index (χ1v) is 5.95. The average Bonchev–Trinajstić information content (AvgIpc) is 2.34. The molecule has 18 heavy (non-hydrogen) atoms. The van der Waals surface area contributed by atoms with Gasteiger partial charge in [0.05, 0.1) is 5.56 Å². The third-order valence-electron chi connectivity index (χ3n) is 2.89.